The van der Waals surface area contributed by atoms with Gasteiger partial charge in [0.2, 0.25) is 17.7 Å². The number of hydrogen-bond acceptors (Lipinski definition) is 11. The number of nitrogens with zero attached hydrogens (tertiary/aromatic N) is 5. The number of halogens is 1. The van der Waals surface area contributed by atoms with Crippen molar-refractivity contribution in [3.05, 3.63) is 129 Å². The fourth-order valence-electron chi connectivity index (χ4n) is 7.27. The van der Waals surface area contributed by atoms with Crippen LogP contribution in [0.4, 0.5) is 5.69 Å². The minimum Gasteiger partial charge on any atom is -0.457 e. The monoisotopic (exact) mass is 843 g/mol. The average molecular weight is 844 g/mol. The number of ether oxygens (including phenoxy) is 1. The molecule has 5 amide bonds. The third kappa shape index (κ3) is 10.5. The van der Waals surface area contributed by atoms with Crippen LogP contribution in [-0.4, -0.2) is 72.0 Å². The van der Waals surface area contributed by atoms with Crippen LogP contribution in [0.5, 0.6) is 11.5 Å². The Hall–Kier alpha value is -6.87. The molecule has 1 atom stereocenters. The van der Waals surface area contributed by atoms with Crippen molar-refractivity contribution in [3.8, 4) is 11.5 Å². The summed E-state index contributed by atoms with van der Waals surface area (Å²) in [6, 6.07) is 19.6. The van der Waals surface area contributed by atoms with Crippen LogP contribution < -0.4 is 15.4 Å². The number of pyridine rings is 1. The van der Waals surface area contributed by atoms with Gasteiger partial charge in [0.1, 0.15) is 29.0 Å². The second-order valence-electron chi connectivity index (χ2n) is 15.0. The number of carbonyl (C=O) groups is 7. The molecule has 0 spiro atoms. The van der Waals surface area contributed by atoms with E-state index in [2.05, 4.69) is 25.9 Å². The molecule has 312 valence electrons. The Morgan fingerprint density at radius 3 is 2.46 bits per heavy atom. The Bertz CT molecular complexity index is 2540. The molecule has 61 heavy (non-hydrogen) atoms. The van der Waals surface area contributed by atoms with Gasteiger partial charge in [-0.1, -0.05) is 53.6 Å². The van der Waals surface area contributed by atoms with E-state index in [0.29, 0.717) is 60.9 Å². The van der Waals surface area contributed by atoms with Crippen molar-refractivity contribution in [3.63, 3.8) is 0 Å². The molecule has 2 aliphatic heterocycles. The van der Waals surface area contributed by atoms with Crippen LogP contribution in [0.2, 0.25) is 5.02 Å². The summed E-state index contributed by atoms with van der Waals surface area (Å²) < 4.78 is 7.67. The zero-order chi connectivity index (χ0) is 43.0. The molecule has 1 fully saturated rings. The Morgan fingerprint density at radius 2 is 1.67 bits per heavy atom. The van der Waals surface area contributed by atoms with Crippen LogP contribution in [0.3, 0.4) is 0 Å². The third-order valence-electron chi connectivity index (χ3n) is 10.4. The fourth-order valence-corrected chi connectivity index (χ4v) is 7.39. The molecule has 0 bridgehead atoms. The molecule has 5 aromatic rings. The number of ketones is 2. The van der Waals surface area contributed by atoms with E-state index in [9.17, 15) is 33.6 Å². The lowest BCUT2D eigenvalue weighted by atomic mass is 10.0. The second kappa shape index (κ2) is 19.0. The van der Waals surface area contributed by atoms with E-state index in [-0.39, 0.29) is 72.1 Å². The molecule has 4 heterocycles. The maximum Gasteiger partial charge on any atom is 0.264 e. The lowest BCUT2D eigenvalue weighted by Crippen LogP contribution is -2.54. The number of carbonyl (C=O) groups excluding carboxylic acids is 7. The number of unbranched alkanes of at least 4 members (excludes halogenated alkanes) is 2. The van der Waals surface area contributed by atoms with Crippen molar-refractivity contribution in [2.75, 3.05) is 5.32 Å². The van der Waals surface area contributed by atoms with E-state index >= 15 is 0 Å². The topological polar surface area (TPSA) is 200 Å². The number of Topliss-reactive ketones (excluding diaryl/α,β-unsaturated/α-hetero) is 2. The molecule has 15 nitrogen and oxygen atoms in total. The van der Waals surface area contributed by atoms with Gasteiger partial charge >= 0.3 is 0 Å². The van der Waals surface area contributed by atoms with Crippen LogP contribution in [0.25, 0.3) is 0 Å². The minimum absolute atomic E-state index is 0.0106. The first kappa shape index (κ1) is 42.3. The number of imide groups is 2. The number of benzene rings is 3. The molecule has 16 heteroatoms. The Kier molecular flexibility index (Phi) is 13.2. The summed E-state index contributed by atoms with van der Waals surface area (Å²) in [5.41, 5.74) is 3.95. The van der Waals surface area contributed by atoms with Gasteiger partial charge in [-0.3, -0.25) is 53.4 Å². The van der Waals surface area contributed by atoms with Crippen LogP contribution in [0.15, 0.2) is 85.2 Å². The molecule has 3 aromatic carbocycles. The van der Waals surface area contributed by atoms with E-state index in [4.69, 9.17) is 16.3 Å². The number of amides is 5. The zero-order valence-electron chi connectivity index (χ0n) is 33.3. The van der Waals surface area contributed by atoms with Crippen LogP contribution in [0.1, 0.15) is 98.5 Å². The van der Waals surface area contributed by atoms with Gasteiger partial charge in [0.05, 0.1) is 22.5 Å². The number of aryl methyl sites for hydroxylation is 3. The van der Waals surface area contributed by atoms with E-state index in [1.165, 1.54) is 18.3 Å². The standard InChI is InChI=1S/C45H42ClN7O8/c1-27-22-29(11-15-35(27)46)24-31(54)23-28-9-13-32(14-10-28)61-33-19-20-47-37(25-33)39(55)17-12-30-26-52(51-50-30)21-4-2-3-8-40(56)48-36-7-5-6-34-42(36)45(60)53(44(34)59)38-16-18-41(57)49-43(38)58/h5-7,9-11,13-15,19-20,22,25-26,38H,2-4,8,12,16-18,21,23-24H2,1H3,(H,48,56)(H,49,57,58). The molecular weight excluding hydrogens is 802 g/mol. The van der Waals surface area contributed by atoms with Crippen LogP contribution in [-0.2, 0) is 45.0 Å². The number of fused-ring (bicyclic) bond motifs is 1. The maximum atomic E-state index is 13.3. The Morgan fingerprint density at radius 1 is 0.885 bits per heavy atom. The summed E-state index contributed by atoms with van der Waals surface area (Å²) in [7, 11) is 0. The number of anilines is 1. The molecule has 2 aliphatic rings. The molecule has 2 N–H and O–H groups in total. The SMILES string of the molecule is Cc1cc(CC(=O)Cc2ccc(Oc3ccnc(C(=O)CCc4cn(CCCCCC(=O)Nc5cccc6c5C(=O)N(C5CCC(=O)NC5=O)C6=O)nn4)c3)cc2)ccc1Cl. The summed E-state index contributed by atoms with van der Waals surface area (Å²) >= 11 is 6.10. The summed E-state index contributed by atoms with van der Waals surface area (Å²) in [6.45, 7) is 2.47. The van der Waals surface area contributed by atoms with Gasteiger partial charge in [-0.05, 0) is 79.3 Å². The van der Waals surface area contributed by atoms with Crippen LogP contribution in [0, 0.1) is 6.92 Å². The van der Waals surface area contributed by atoms with Gasteiger partial charge in [0, 0.05) is 68.6 Å². The number of nitrogens with one attached hydrogen (secondary N) is 2. The lowest BCUT2D eigenvalue weighted by Gasteiger charge is -2.27. The molecule has 1 saturated heterocycles. The van der Waals surface area contributed by atoms with Crippen molar-refractivity contribution >= 4 is 58.4 Å². The van der Waals surface area contributed by atoms with Gasteiger partial charge in [0.25, 0.3) is 11.8 Å². The first-order valence-corrected chi connectivity index (χ1v) is 20.4. The van der Waals surface area contributed by atoms with Crippen molar-refractivity contribution < 1.29 is 38.3 Å². The predicted octanol–water partition coefficient (Wildman–Crippen LogP) is 6.20. The highest BCUT2D eigenvalue weighted by Crippen LogP contribution is 2.33. The first-order valence-electron chi connectivity index (χ1n) is 20.0. The number of piperidine rings is 1. The normalized spacial score (nSPS) is 14.8. The average Bonchev–Trinajstić information content (AvgIpc) is 3.80. The first-order chi connectivity index (χ1) is 29.4. The van der Waals surface area contributed by atoms with Gasteiger partial charge in [-0.25, -0.2) is 0 Å². The highest BCUT2D eigenvalue weighted by Gasteiger charge is 2.45. The van der Waals surface area contributed by atoms with E-state index in [1.54, 1.807) is 47.3 Å². The summed E-state index contributed by atoms with van der Waals surface area (Å²) in [5, 5.41) is 13.9. The van der Waals surface area contributed by atoms with Gasteiger partial charge in [0.15, 0.2) is 5.78 Å². The van der Waals surface area contributed by atoms with Crippen LogP contribution >= 0.6 is 11.6 Å². The largest absolute Gasteiger partial charge is 0.457 e. The van der Waals surface area contributed by atoms with Crippen molar-refractivity contribution in [1.29, 1.82) is 0 Å². The molecule has 0 saturated carbocycles. The smallest absolute Gasteiger partial charge is 0.264 e. The molecule has 1 unspecified atom stereocenters. The summed E-state index contributed by atoms with van der Waals surface area (Å²) in [4.78, 5) is 94.0. The lowest BCUT2D eigenvalue weighted by molar-refractivity contribution is -0.136. The van der Waals surface area contributed by atoms with Crippen molar-refractivity contribution in [2.45, 2.75) is 83.7 Å². The van der Waals surface area contributed by atoms with E-state index in [0.717, 1.165) is 21.6 Å². The zero-order valence-corrected chi connectivity index (χ0v) is 34.1. The van der Waals surface area contributed by atoms with Crippen molar-refractivity contribution in [2.24, 2.45) is 0 Å². The van der Waals surface area contributed by atoms with E-state index in [1.807, 2.05) is 31.2 Å². The maximum absolute atomic E-state index is 13.3. The third-order valence-corrected chi connectivity index (χ3v) is 10.9. The number of hydrogen-bond donors (Lipinski definition) is 2. The molecule has 0 radical (unpaired) electrons. The Balaban J connectivity index is 0.811. The molecule has 2 aromatic heterocycles. The fraction of sp³-hybridized carbons (Fsp3) is 0.289. The molecule has 0 aliphatic carbocycles. The highest BCUT2D eigenvalue weighted by atomic mass is 35.5. The minimum atomic E-state index is -1.10. The summed E-state index contributed by atoms with van der Waals surface area (Å²) in [5.74, 6) is -1.90. The van der Waals surface area contributed by atoms with Gasteiger partial charge in [-0.15, -0.1) is 5.10 Å². The number of aromatic nitrogens is 4. The predicted molar refractivity (Wildman–Crippen MR) is 222 cm³/mol. The Labute approximate surface area is 355 Å². The molecular formula is C45H42ClN7O8. The number of rotatable bonds is 18. The highest BCUT2D eigenvalue weighted by molar-refractivity contribution is 6.31. The quantitative estimate of drug-likeness (QED) is 0.0579. The summed E-state index contributed by atoms with van der Waals surface area (Å²) in [6.07, 6.45) is 6.65. The van der Waals surface area contributed by atoms with E-state index < -0.39 is 29.7 Å². The second-order valence-corrected chi connectivity index (χ2v) is 15.4. The van der Waals surface area contributed by atoms with Gasteiger partial charge in [-0.2, -0.15) is 0 Å². The van der Waals surface area contributed by atoms with Crippen molar-refractivity contribution in [1.82, 2.24) is 30.2 Å². The molecule has 7 rings (SSSR count). The van der Waals surface area contributed by atoms with Gasteiger partial charge < -0.3 is 10.1 Å².